The van der Waals surface area contributed by atoms with Gasteiger partial charge in [0.1, 0.15) is 11.9 Å². The van der Waals surface area contributed by atoms with Crippen LogP contribution in [0.1, 0.15) is 49.3 Å². The molecule has 5 N–H and O–H groups in total. The Labute approximate surface area is 194 Å². The molecule has 0 radical (unpaired) electrons. The maximum Gasteiger partial charge on any atom is 0.320 e. The molecule has 1 heterocycles. The van der Waals surface area contributed by atoms with Gasteiger partial charge in [-0.2, -0.15) is 0 Å². The van der Waals surface area contributed by atoms with Crippen molar-refractivity contribution in [3.05, 3.63) is 53.7 Å². The third-order valence-electron chi connectivity index (χ3n) is 5.78. The van der Waals surface area contributed by atoms with Gasteiger partial charge in [0.15, 0.2) is 0 Å². The highest BCUT2D eigenvalue weighted by Gasteiger charge is 2.24. The first-order valence-electron chi connectivity index (χ1n) is 11.2. The van der Waals surface area contributed by atoms with Crippen LogP contribution in [0.25, 0.3) is 0 Å². The lowest BCUT2D eigenvalue weighted by atomic mass is 9.95. The van der Waals surface area contributed by atoms with E-state index in [1.54, 1.807) is 14.2 Å². The summed E-state index contributed by atoms with van der Waals surface area (Å²) in [5.74, 6) is 0.279. The van der Waals surface area contributed by atoms with Crippen LogP contribution in [-0.2, 0) is 14.2 Å². The predicted octanol–water partition coefficient (Wildman–Crippen LogP) is 3.86. The number of anilines is 2. The Balaban J connectivity index is 1.57. The lowest BCUT2D eigenvalue weighted by Crippen LogP contribution is -2.33. The fraction of sp³-hybridized carbons (Fsp3) is 0.458. The highest BCUT2D eigenvalue weighted by atomic mass is 16.5. The van der Waals surface area contributed by atoms with Gasteiger partial charge in [-0.05, 0) is 37.7 Å². The van der Waals surface area contributed by atoms with E-state index in [0.29, 0.717) is 30.1 Å². The molecule has 2 amide bonds. The highest BCUT2D eigenvalue weighted by molar-refractivity contribution is 5.98. The number of methoxy groups -OCH3 is 2. The number of pyridine rings is 1. The molecule has 1 aliphatic rings. The van der Waals surface area contributed by atoms with E-state index in [9.17, 15) is 4.79 Å². The molecule has 0 bridgehead atoms. The van der Waals surface area contributed by atoms with Gasteiger partial charge in [-0.25, -0.2) is 9.78 Å². The number of nitrogen functional groups attached to an aromatic ring is 1. The summed E-state index contributed by atoms with van der Waals surface area (Å²) in [6, 6.07) is 10.6. The van der Waals surface area contributed by atoms with Crippen LogP contribution in [0.5, 0.6) is 0 Å². The molecule has 0 spiro atoms. The topological polar surface area (TPSA) is 132 Å². The van der Waals surface area contributed by atoms with Crippen LogP contribution in [0, 0.1) is 5.41 Å². The predicted molar refractivity (Wildman–Crippen MR) is 127 cm³/mol. The normalized spacial score (nSPS) is 18.8. The second kappa shape index (κ2) is 12.2. The molecular formula is C24H33N5O4. The molecule has 33 heavy (non-hydrogen) atoms. The van der Waals surface area contributed by atoms with Crippen molar-refractivity contribution in [2.24, 2.45) is 0 Å². The van der Waals surface area contributed by atoms with E-state index in [0.717, 1.165) is 31.2 Å². The summed E-state index contributed by atoms with van der Waals surface area (Å²) < 4.78 is 16.4. The van der Waals surface area contributed by atoms with Gasteiger partial charge in [-0.15, -0.1) is 0 Å². The summed E-state index contributed by atoms with van der Waals surface area (Å²) in [5.41, 5.74) is 7.83. The van der Waals surface area contributed by atoms with Gasteiger partial charge in [0.05, 0.1) is 17.7 Å². The molecule has 1 fully saturated rings. The van der Waals surface area contributed by atoms with Gasteiger partial charge in [0.25, 0.3) is 0 Å². The number of ether oxygens (including phenoxy) is 3. The minimum absolute atomic E-state index is 0.0134. The van der Waals surface area contributed by atoms with Gasteiger partial charge >= 0.3 is 6.03 Å². The minimum Gasteiger partial charge on any atom is -0.474 e. The number of aromatic nitrogens is 1. The molecule has 1 atom stereocenters. The third kappa shape index (κ3) is 7.16. The van der Waals surface area contributed by atoms with E-state index in [1.165, 1.54) is 12.3 Å². The van der Waals surface area contributed by atoms with Crippen molar-refractivity contribution in [2.45, 2.75) is 50.4 Å². The van der Waals surface area contributed by atoms with Gasteiger partial charge in [-0.3, -0.25) is 10.7 Å². The number of rotatable bonds is 9. The number of hydrogen-bond donors (Lipinski definition) is 4. The molecule has 1 aliphatic carbocycles. The molecule has 3 rings (SSSR count). The average Bonchev–Trinajstić information content (AvgIpc) is 2.82. The fourth-order valence-electron chi connectivity index (χ4n) is 3.90. The lowest BCUT2D eigenvalue weighted by molar-refractivity contribution is 0.0290. The Morgan fingerprint density at radius 2 is 1.88 bits per heavy atom. The van der Waals surface area contributed by atoms with Crippen LogP contribution in [0.15, 0.2) is 42.6 Å². The summed E-state index contributed by atoms with van der Waals surface area (Å²) in [5, 5.41) is 13.9. The third-order valence-corrected chi connectivity index (χ3v) is 5.78. The van der Waals surface area contributed by atoms with Crippen molar-refractivity contribution < 1.29 is 19.0 Å². The maximum absolute atomic E-state index is 12.6. The minimum atomic E-state index is -0.402. The maximum atomic E-state index is 12.6. The SMILES string of the molecule is COCC[C@@H](NC(=O)Nc1cc(N)c(C(=N)OC2CCC(OC)CC2)cn1)c1ccccc1. The Bertz CT molecular complexity index is 916. The number of amides is 2. The van der Waals surface area contributed by atoms with E-state index >= 15 is 0 Å². The van der Waals surface area contributed by atoms with Crippen molar-refractivity contribution in [3.63, 3.8) is 0 Å². The molecular weight excluding hydrogens is 422 g/mol. The molecule has 0 unspecified atom stereocenters. The van der Waals surface area contributed by atoms with Crippen LogP contribution in [-0.4, -0.2) is 49.9 Å². The molecule has 1 saturated carbocycles. The van der Waals surface area contributed by atoms with Crippen molar-refractivity contribution in [2.75, 3.05) is 31.9 Å². The van der Waals surface area contributed by atoms with E-state index < -0.39 is 6.03 Å². The molecule has 178 valence electrons. The zero-order valence-corrected chi connectivity index (χ0v) is 19.2. The zero-order chi connectivity index (χ0) is 23.6. The number of nitrogens with one attached hydrogen (secondary N) is 3. The fourth-order valence-corrected chi connectivity index (χ4v) is 3.90. The summed E-state index contributed by atoms with van der Waals surface area (Å²) in [7, 11) is 3.35. The van der Waals surface area contributed by atoms with Crippen LogP contribution < -0.4 is 16.4 Å². The smallest absolute Gasteiger partial charge is 0.320 e. The number of benzene rings is 1. The molecule has 1 aromatic heterocycles. The zero-order valence-electron chi connectivity index (χ0n) is 19.2. The highest BCUT2D eigenvalue weighted by Crippen LogP contribution is 2.25. The summed E-state index contributed by atoms with van der Waals surface area (Å²) in [6.07, 6.45) is 5.80. The van der Waals surface area contributed by atoms with Crippen molar-refractivity contribution >= 4 is 23.4 Å². The van der Waals surface area contributed by atoms with Gasteiger partial charge in [-0.1, -0.05) is 30.3 Å². The monoisotopic (exact) mass is 455 g/mol. The molecule has 0 aliphatic heterocycles. The number of urea groups is 1. The Hall–Kier alpha value is -3.17. The van der Waals surface area contributed by atoms with E-state index in [4.69, 9.17) is 25.4 Å². The first-order valence-corrected chi connectivity index (χ1v) is 11.2. The first-order chi connectivity index (χ1) is 16.0. The van der Waals surface area contributed by atoms with Crippen LogP contribution in [0.3, 0.4) is 0 Å². The van der Waals surface area contributed by atoms with Gasteiger partial charge in [0.2, 0.25) is 5.90 Å². The Morgan fingerprint density at radius 3 is 2.52 bits per heavy atom. The summed E-state index contributed by atoms with van der Waals surface area (Å²) >= 11 is 0. The van der Waals surface area contributed by atoms with Crippen LogP contribution in [0.4, 0.5) is 16.3 Å². The van der Waals surface area contributed by atoms with Crippen molar-refractivity contribution in [1.82, 2.24) is 10.3 Å². The number of hydrogen-bond acceptors (Lipinski definition) is 7. The number of nitrogens with zero attached hydrogens (tertiary/aromatic N) is 1. The number of carbonyl (C=O) groups is 1. The van der Waals surface area contributed by atoms with E-state index in [1.807, 2.05) is 30.3 Å². The number of nitrogens with two attached hydrogens (primary N) is 1. The average molecular weight is 456 g/mol. The molecule has 2 aromatic rings. The second-order valence-corrected chi connectivity index (χ2v) is 8.08. The number of carbonyl (C=O) groups excluding carboxylic acids is 1. The van der Waals surface area contributed by atoms with Gasteiger partial charge < -0.3 is 25.3 Å². The summed E-state index contributed by atoms with van der Waals surface area (Å²) in [4.78, 5) is 16.8. The van der Waals surface area contributed by atoms with Crippen molar-refractivity contribution in [3.8, 4) is 0 Å². The quantitative estimate of drug-likeness (QED) is 0.335. The van der Waals surface area contributed by atoms with Crippen LogP contribution >= 0.6 is 0 Å². The van der Waals surface area contributed by atoms with Crippen LogP contribution in [0.2, 0.25) is 0 Å². The molecule has 9 heteroatoms. The Kier molecular flexibility index (Phi) is 9.03. The van der Waals surface area contributed by atoms with E-state index in [2.05, 4.69) is 15.6 Å². The standard InChI is InChI=1S/C24H33N5O4/c1-31-13-12-21(16-6-4-3-5-7-16)28-24(30)29-22-14-20(25)19(15-27-22)23(26)33-18-10-8-17(32-2)9-11-18/h3-7,14-15,17-18,21,26H,8-13H2,1-2H3,(H4,25,27,28,29,30)/t17?,18?,21-/m1/s1. The van der Waals surface area contributed by atoms with E-state index in [-0.39, 0.29) is 24.1 Å². The molecule has 0 saturated heterocycles. The second-order valence-electron chi connectivity index (χ2n) is 8.08. The first kappa shape index (κ1) is 24.5. The molecule has 9 nitrogen and oxygen atoms in total. The largest absolute Gasteiger partial charge is 0.474 e. The lowest BCUT2D eigenvalue weighted by Gasteiger charge is -2.28. The Morgan fingerprint density at radius 1 is 1.18 bits per heavy atom. The summed E-state index contributed by atoms with van der Waals surface area (Å²) in [6.45, 7) is 0.509. The van der Waals surface area contributed by atoms with Crippen molar-refractivity contribution in [1.29, 1.82) is 5.41 Å². The molecule has 1 aromatic carbocycles. The van der Waals surface area contributed by atoms with Gasteiger partial charge in [0, 0.05) is 38.8 Å².